The molecule has 7 nitrogen and oxygen atoms in total. The zero-order chi connectivity index (χ0) is 21.3. The molecule has 2 aromatic heterocycles. The van der Waals surface area contributed by atoms with E-state index in [-0.39, 0.29) is 11.5 Å². The lowest BCUT2D eigenvalue weighted by molar-refractivity contribution is -0.150. The Morgan fingerprint density at radius 3 is 2.66 bits per heavy atom. The van der Waals surface area contributed by atoms with Gasteiger partial charge >= 0.3 is 5.97 Å². The van der Waals surface area contributed by atoms with E-state index < -0.39 is 23.2 Å². The van der Waals surface area contributed by atoms with Crippen molar-refractivity contribution in [2.75, 3.05) is 6.61 Å². The number of aromatic nitrogens is 2. The topological polar surface area (TPSA) is 81.5 Å². The average molecular weight is 413 g/mol. The molecule has 0 aliphatic carbocycles. The third-order valence-electron chi connectivity index (χ3n) is 4.73. The standard InChI is InChI=1S/C21H23N3O4S/c1-6-28-20(26)15(5)24-19(25)17(29-21(24)27)11-16-10-13(3)23(14(16)4)18-9-12(2)7-8-22-18/h7-11,15H,6H2,1-5H3/b17-11+/t15-/m0/s1. The predicted octanol–water partition coefficient (Wildman–Crippen LogP) is 3.79. The number of imide groups is 1. The number of nitrogens with zero attached hydrogens (tertiary/aromatic N) is 3. The lowest BCUT2D eigenvalue weighted by Gasteiger charge is -2.19. The summed E-state index contributed by atoms with van der Waals surface area (Å²) < 4.78 is 6.94. The van der Waals surface area contributed by atoms with Crippen LogP contribution in [0.15, 0.2) is 29.3 Å². The van der Waals surface area contributed by atoms with Crippen molar-refractivity contribution in [2.45, 2.75) is 40.7 Å². The summed E-state index contributed by atoms with van der Waals surface area (Å²) in [6.07, 6.45) is 3.45. The Morgan fingerprint density at radius 2 is 2.00 bits per heavy atom. The maximum absolute atomic E-state index is 12.8. The van der Waals surface area contributed by atoms with Gasteiger partial charge in [-0.1, -0.05) is 0 Å². The van der Waals surface area contributed by atoms with Crippen molar-refractivity contribution >= 4 is 35.0 Å². The van der Waals surface area contributed by atoms with Gasteiger partial charge in [0.2, 0.25) is 0 Å². The molecule has 2 amide bonds. The fraction of sp³-hybridized carbons (Fsp3) is 0.333. The van der Waals surface area contributed by atoms with Crippen molar-refractivity contribution in [1.29, 1.82) is 0 Å². The van der Waals surface area contributed by atoms with E-state index in [4.69, 9.17) is 4.74 Å². The van der Waals surface area contributed by atoms with Crippen molar-refractivity contribution in [3.63, 3.8) is 0 Å². The predicted molar refractivity (Wildman–Crippen MR) is 112 cm³/mol. The summed E-state index contributed by atoms with van der Waals surface area (Å²) in [6, 6.07) is 4.90. The number of rotatable bonds is 5. The summed E-state index contributed by atoms with van der Waals surface area (Å²) in [5, 5.41) is -0.476. The molecule has 3 heterocycles. The van der Waals surface area contributed by atoms with Crippen LogP contribution in [0.4, 0.5) is 4.79 Å². The van der Waals surface area contributed by atoms with E-state index in [2.05, 4.69) is 4.98 Å². The lowest BCUT2D eigenvalue weighted by Crippen LogP contribution is -2.42. The molecule has 0 aromatic carbocycles. The van der Waals surface area contributed by atoms with Gasteiger partial charge in [-0.3, -0.25) is 14.5 Å². The van der Waals surface area contributed by atoms with E-state index in [1.54, 1.807) is 19.2 Å². The Hall–Kier alpha value is -2.87. The van der Waals surface area contributed by atoms with Crippen LogP contribution >= 0.6 is 11.8 Å². The Balaban J connectivity index is 1.93. The van der Waals surface area contributed by atoms with Crippen LogP contribution < -0.4 is 0 Å². The molecule has 3 rings (SSSR count). The Morgan fingerprint density at radius 1 is 1.28 bits per heavy atom. The van der Waals surface area contributed by atoms with Crippen molar-refractivity contribution in [2.24, 2.45) is 0 Å². The zero-order valence-corrected chi connectivity index (χ0v) is 17.9. The van der Waals surface area contributed by atoms with Gasteiger partial charge in [-0.05, 0) is 81.8 Å². The van der Waals surface area contributed by atoms with Crippen LogP contribution in [-0.4, -0.2) is 44.2 Å². The minimum Gasteiger partial charge on any atom is -0.464 e. The number of ether oxygens (including phenoxy) is 1. The van der Waals surface area contributed by atoms with E-state index in [1.807, 2.05) is 43.5 Å². The van der Waals surface area contributed by atoms with E-state index in [9.17, 15) is 14.4 Å². The highest BCUT2D eigenvalue weighted by atomic mass is 32.2. The molecule has 152 valence electrons. The molecule has 0 unspecified atom stereocenters. The van der Waals surface area contributed by atoms with E-state index >= 15 is 0 Å². The summed E-state index contributed by atoms with van der Waals surface area (Å²) in [7, 11) is 0. The van der Waals surface area contributed by atoms with Crippen LogP contribution in [0.25, 0.3) is 11.9 Å². The second kappa shape index (κ2) is 8.24. The number of hydrogen-bond donors (Lipinski definition) is 0. The summed E-state index contributed by atoms with van der Waals surface area (Å²) in [5.41, 5.74) is 3.79. The highest BCUT2D eigenvalue weighted by Gasteiger charge is 2.41. The molecule has 0 N–H and O–H groups in total. The molecule has 1 saturated heterocycles. The first-order valence-corrected chi connectivity index (χ1v) is 10.1. The maximum Gasteiger partial charge on any atom is 0.329 e. The first kappa shape index (κ1) is 20.9. The minimum absolute atomic E-state index is 0.189. The number of esters is 1. The van der Waals surface area contributed by atoms with E-state index in [0.29, 0.717) is 0 Å². The monoisotopic (exact) mass is 413 g/mol. The highest BCUT2D eigenvalue weighted by molar-refractivity contribution is 8.18. The van der Waals surface area contributed by atoms with Crippen LogP contribution in [0.3, 0.4) is 0 Å². The first-order chi connectivity index (χ1) is 13.7. The molecule has 29 heavy (non-hydrogen) atoms. The Kier molecular flexibility index (Phi) is 5.93. The summed E-state index contributed by atoms with van der Waals surface area (Å²) in [4.78, 5) is 42.8. The fourth-order valence-electron chi connectivity index (χ4n) is 3.25. The summed E-state index contributed by atoms with van der Waals surface area (Å²) in [5.74, 6) is -0.289. The van der Waals surface area contributed by atoms with Crippen molar-refractivity contribution in [3.8, 4) is 5.82 Å². The molecule has 0 bridgehead atoms. The van der Waals surface area contributed by atoms with E-state index in [1.165, 1.54) is 6.92 Å². The molecule has 2 aromatic rings. The van der Waals surface area contributed by atoms with Gasteiger partial charge in [-0.25, -0.2) is 9.78 Å². The van der Waals surface area contributed by atoms with Crippen molar-refractivity contribution in [1.82, 2.24) is 14.5 Å². The van der Waals surface area contributed by atoms with Gasteiger partial charge in [0.25, 0.3) is 11.1 Å². The molecule has 1 aliphatic rings. The lowest BCUT2D eigenvalue weighted by atomic mass is 10.2. The molecular formula is C21H23N3O4S. The molecular weight excluding hydrogens is 390 g/mol. The SMILES string of the molecule is CCOC(=O)[C@H](C)N1C(=O)S/C(=C/c2cc(C)n(-c3cc(C)ccn3)c2C)C1=O. The Bertz CT molecular complexity index is 1020. The van der Waals surface area contributed by atoms with Gasteiger partial charge in [0.15, 0.2) is 0 Å². The smallest absolute Gasteiger partial charge is 0.329 e. The van der Waals surface area contributed by atoms with Gasteiger partial charge in [0, 0.05) is 17.6 Å². The summed E-state index contributed by atoms with van der Waals surface area (Å²) >= 11 is 0.828. The van der Waals surface area contributed by atoms with Gasteiger partial charge in [-0.15, -0.1) is 0 Å². The quantitative estimate of drug-likeness (QED) is 0.548. The maximum atomic E-state index is 12.8. The normalized spacial score (nSPS) is 16.6. The summed E-state index contributed by atoms with van der Waals surface area (Å²) in [6.45, 7) is 9.26. The molecule has 0 radical (unpaired) electrons. The molecule has 1 aliphatic heterocycles. The molecule has 1 fully saturated rings. The van der Waals surface area contributed by atoms with Crippen LogP contribution in [0.1, 0.15) is 36.4 Å². The van der Waals surface area contributed by atoms with Crippen LogP contribution in [0.5, 0.6) is 0 Å². The van der Waals surface area contributed by atoms with Crippen LogP contribution in [0.2, 0.25) is 0 Å². The highest BCUT2D eigenvalue weighted by Crippen LogP contribution is 2.35. The average Bonchev–Trinajstić information content (AvgIpc) is 3.09. The van der Waals surface area contributed by atoms with Crippen LogP contribution in [0, 0.1) is 20.8 Å². The molecule has 8 heteroatoms. The van der Waals surface area contributed by atoms with Gasteiger partial charge in [-0.2, -0.15) is 0 Å². The van der Waals surface area contributed by atoms with Crippen molar-refractivity contribution < 1.29 is 19.1 Å². The first-order valence-electron chi connectivity index (χ1n) is 9.30. The number of aryl methyl sites for hydroxylation is 2. The number of carbonyl (C=O) groups is 3. The number of amides is 2. The fourth-order valence-corrected chi connectivity index (χ4v) is 4.15. The third-order valence-corrected chi connectivity index (χ3v) is 5.61. The second-order valence-corrected chi connectivity index (χ2v) is 7.83. The minimum atomic E-state index is -0.961. The van der Waals surface area contributed by atoms with Crippen LogP contribution in [-0.2, 0) is 14.3 Å². The Labute approximate surface area is 173 Å². The van der Waals surface area contributed by atoms with Gasteiger partial charge < -0.3 is 9.30 Å². The number of pyridine rings is 1. The second-order valence-electron chi connectivity index (χ2n) is 6.83. The largest absolute Gasteiger partial charge is 0.464 e. The molecule has 0 saturated carbocycles. The zero-order valence-electron chi connectivity index (χ0n) is 17.1. The van der Waals surface area contributed by atoms with Gasteiger partial charge in [0.05, 0.1) is 11.5 Å². The van der Waals surface area contributed by atoms with Crippen molar-refractivity contribution in [3.05, 3.63) is 51.8 Å². The number of carbonyl (C=O) groups excluding carboxylic acids is 3. The molecule has 0 spiro atoms. The van der Waals surface area contributed by atoms with Gasteiger partial charge in [0.1, 0.15) is 11.9 Å². The number of hydrogen-bond acceptors (Lipinski definition) is 6. The molecule has 1 atom stereocenters. The van der Waals surface area contributed by atoms with E-state index in [0.717, 1.165) is 45.0 Å². The number of thioether (sulfide) groups is 1. The third kappa shape index (κ3) is 3.98.